The van der Waals surface area contributed by atoms with Gasteiger partial charge in [0, 0.05) is 16.2 Å². The number of halogens is 1. The Morgan fingerprint density at radius 3 is 2.75 bits per heavy atom. The van der Waals surface area contributed by atoms with Crippen molar-refractivity contribution in [2.45, 2.75) is 25.2 Å². The summed E-state index contributed by atoms with van der Waals surface area (Å²) < 4.78 is 11.6. The molecule has 1 N–H and O–H groups in total. The van der Waals surface area contributed by atoms with Crippen molar-refractivity contribution in [2.24, 2.45) is 0 Å². The molecule has 0 radical (unpaired) electrons. The number of carbonyl (C=O) groups excluding carboxylic acids is 1. The van der Waals surface area contributed by atoms with E-state index >= 15 is 0 Å². The van der Waals surface area contributed by atoms with Crippen molar-refractivity contribution in [3.63, 3.8) is 0 Å². The first-order valence-electron chi connectivity index (χ1n) is 7.67. The van der Waals surface area contributed by atoms with Crippen LogP contribution >= 0.6 is 15.9 Å². The van der Waals surface area contributed by atoms with Gasteiger partial charge in [0.1, 0.15) is 0 Å². The molecule has 1 aliphatic rings. The molecule has 122 valence electrons. The third-order valence-corrected chi connectivity index (χ3v) is 4.88. The summed E-state index contributed by atoms with van der Waals surface area (Å²) in [4.78, 5) is 12.8. The third kappa shape index (κ3) is 2.57. The van der Waals surface area contributed by atoms with Gasteiger partial charge in [0.25, 0.3) is 0 Å². The van der Waals surface area contributed by atoms with E-state index in [1.54, 1.807) is 24.5 Å². The SMILES string of the molecule is Cc1cc(Br)ccc1NC(=O)C1(c2cc(-c3ccco3)on2)CC1. The van der Waals surface area contributed by atoms with Gasteiger partial charge in [0.2, 0.25) is 11.7 Å². The van der Waals surface area contributed by atoms with Crippen LogP contribution in [0.5, 0.6) is 0 Å². The van der Waals surface area contributed by atoms with Crippen LogP contribution in [-0.2, 0) is 10.2 Å². The molecule has 0 atom stereocenters. The molecule has 24 heavy (non-hydrogen) atoms. The fourth-order valence-electron chi connectivity index (χ4n) is 2.77. The second-order valence-corrected chi connectivity index (χ2v) is 6.96. The smallest absolute Gasteiger partial charge is 0.236 e. The zero-order valence-corrected chi connectivity index (χ0v) is 14.6. The molecule has 4 rings (SSSR count). The predicted octanol–water partition coefficient (Wildman–Crippen LogP) is 4.68. The van der Waals surface area contributed by atoms with E-state index in [1.165, 1.54) is 0 Å². The largest absolute Gasteiger partial charge is 0.461 e. The number of amides is 1. The second kappa shape index (κ2) is 5.63. The number of carbonyl (C=O) groups is 1. The van der Waals surface area contributed by atoms with Gasteiger partial charge in [-0.2, -0.15) is 0 Å². The maximum Gasteiger partial charge on any atom is 0.236 e. The zero-order valence-electron chi connectivity index (χ0n) is 13.0. The molecule has 1 fully saturated rings. The lowest BCUT2D eigenvalue weighted by Crippen LogP contribution is -2.28. The number of rotatable bonds is 4. The van der Waals surface area contributed by atoms with E-state index in [2.05, 4.69) is 26.4 Å². The number of anilines is 1. The third-order valence-electron chi connectivity index (χ3n) is 4.39. The van der Waals surface area contributed by atoms with Crippen LogP contribution in [0, 0.1) is 6.92 Å². The molecule has 3 aromatic rings. The Labute approximate surface area is 147 Å². The molecule has 2 aromatic heterocycles. The van der Waals surface area contributed by atoms with Crippen LogP contribution in [0.3, 0.4) is 0 Å². The van der Waals surface area contributed by atoms with Gasteiger partial charge >= 0.3 is 0 Å². The number of aryl methyl sites for hydroxylation is 1. The monoisotopic (exact) mass is 386 g/mol. The van der Waals surface area contributed by atoms with Gasteiger partial charge in [-0.15, -0.1) is 0 Å². The second-order valence-electron chi connectivity index (χ2n) is 6.05. The first kappa shape index (κ1) is 15.2. The lowest BCUT2D eigenvalue weighted by Gasteiger charge is -2.14. The van der Waals surface area contributed by atoms with Gasteiger partial charge in [-0.3, -0.25) is 4.79 Å². The summed E-state index contributed by atoms with van der Waals surface area (Å²) in [6, 6.07) is 11.2. The number of nitrogens with zero attached hydrogens (tertiary/aromatic N) is 1. The van der Waals surface area contributed by atoms with Crippen LogP contribution < -0.4 is 5.32 Å². The van der Waals surface area contributed by atoms with E-state index in [4.69, 9.17) is 8.94 Å². The molecule has 0 aliphatic heterocycles. The number of aromatic nitrogens is 1. The van der Waals surface area contributed by atoms with Crippen LogP contribution in [0.4, 0.5) is 5.69 Å². The van der Waals surface area contributed by atoms with Gasteiger partial charge in [-0.1, -0.05) is 21.1 Å². The maximum absolute atomic E-state index is 12.8. The average Bonchev–Trinajstić information content (AvgIpc) is 3.00. The molecular formula is C18H15BrN2O3. The zero-order chi connectivity index (χ0) is 16.7. The number of furan rings is 1. The highest BCUT2D eigenvalue weighted by molar-refractivity contribution is 9.10. The first-order chi connectivity index (χ1) is 11.6. The molecule has 6 heteroatoms. The van der Waals surface area contributed by atoms with E-state index in [1.807, 2.05) is 25.1 Å². The Bertz CT molecular complexity index is 895. The van der Waals surface area contributed by atoms with Crippen molar-refractivity contribution in [3.05, 3.63) is 58.4 Å². The molecule has 5 nitrogen and oxygen atoms in total. The molecule has 1 aliphatic carbocycles. The first-order valence-corrected chi connectivity index (χ1v) is 8.46. The quantitative estimate of drug-likeness (QED) is 0.706. The fourth-order valence-corrected chi connectivity index (χ4v) is 3.24. The highest BCUT2D eigenvalue weighted by Crippen LogP contribution is 2.49. The highest BCUT2D eigenvalue weighted by atomic mass is 79.9. The van der Waals surface area contributed by atoms with Gasteiger partial charge in [-0.05, 0) is 55.7 Å². The Balaban J connectivity index is 1.58. The van der Waals surface area contributed by atoms with Crippen molar-refractivity contribution in [3.8, 4) is 11.5 Å². The molecule has 0 spiro atoms. The normalized spacial score (nSPS) is 15.2. The summed E-state index contributed by atoms with van der Waals surface area (Å²) in [5, 5.41) is 7.12. The van der Waals surface area contributed by atoms with Crippen molar-refractivity contribution in [1.29, 1.82) is 0 Å². The molecule has 0 unspecified atom stereocenters. The van der Waals surface area contributed by atoms with Gasteiger partial charge in [0.15, 0.2) is 5.76 Å². The Morgan fingerprint density at radius 1 is 1.25 bits per heavy atom. The van der Waals surface area contributed by atoms with Crippen LogP contribution in [0.25, 0.3) is 11.5 Å². The minimum atomic E-state index is -0.603. The van der Waals surface area contributed by atoms with E-state index in [9.17, 15) is 4.79 Å². The van der Waals surface area contributed by atoms with Crippen LogP contribution in [0.15, 0.2) is 56.1 Å². The summed E-state index contributed by atoms with van der Waals surface area (Å²) in [6.07, 6.45) is 3.10. The summed E-state index contributed by atoms with van der Waals surface area (Å²) >= 11 is 3.43. The van der Waals surface area contributed by atoms with Gasteiger partial charge < -0.3 is 14.3 Å². The number of hydrogen-bond acceptors (Lipinski definition) is 4. The summed E-state index contributed by atoms with van der Waals surface area (Å²) in [5.74, 6) is 1.09. The molecular weight excluding hydrogens is 372 g/mol. The summed E-state index contributed by atoms with van der Waals surface area (Å²) in [7, 11) is 0. The average molecular weight is 387 g/mol. The van der Waals surface area contributed by atoms with E-state index in [0.29, 0.717) is 17.2 Å². The lowest BCUT2D eigenvalue weighted by molar-refractivity contribution is -0.118. The Morgan fingerprint density at radius 2 is 2.08 bits per heavy atom. The molecule has 2 heterocycles. The molecule has 1 saturated carbocycles. The van der Waals surface area contributed by atoms with Crippen molar-refractivity contribution < 1.29 is 13.7 Å². The van der Waals surface area contributed by atoms with E-state index < -0.39 is 5.41 Å². The highest BCUT2D eigenvalue weighted by Gasteiger charge is 2.54. The minimum absolute atomic E-state index is 0.0489. The standard InChI is InChI=1S/C18H15BrN2O3/c1-11-9-12(19)4-5-13(11)20-17(22)18(6-7-18)16-10-15(24-21-16)14-3-2-8-23-14/h2-5,8-10H,6-7H2,1H3,(H,20,22). The number of hydrogen-bond donors (Lipinski definition) is 1. The Hall–Kier alpha value is -2.34. The van der Waals surface area contributed by atoms with Crippen LogP contribution in [0.1, 0.15) is 24.1 Å². The minimum Gasteiger partial charge on any atom is -0.461 e. The van der Waals surface area contributed by atoms with E-state index in [-0.39, 0.29) is 5.91 Å². The van der Waals surface area contributed by atoms with Crippen LogP contribution in [-0.4, -0.2) is 11.1 Å². The number of benzene rings is 1. The topological polar surface area (TPSA) is 68.3 Å². The summed E-state index contributed by atoms with van der Waals surface area (Å²) in [6.45, 7) is 1.96. The molecule has 0 saturated heterocycles. The molecule has 1 amide bonds. The van der Waals surface area contributed by atoms with Crippen molar-refractivity contribution >= 4 is 27.5 Å². The lowest BCUT2D eigenvalue weighted by atomic mass is 10.0. The molecule has 1 aromatic carbocycles. The van der Waals surface area contributed by atoms with Crippen molar-refractivity contribution in [2.75, 3.05) is 5.32 Å². The van der Waals surface area contributed by atoms with Crippen LogP contribution in [0.2, 0.25) is 0 Å². The van der Waals surface area contributed by atoms with Gasteiger partial charge in [0.05, 0.1) is 17.4 Å². The maximum atomic E-state index is 12.8. The predicted molar refractivity (Wildman–Crippen MR) is 92.6 cm³/mol. The van der Waals surface area contributed by atoms with E-state index in [0.717, 1.165) is 28.6 Å². The van der Waals surface area contributed by atoms with Gasteiger partial charge in [-0.25, -0.2) is 0 Å². The Kier molecular flexibility index (Phi) is 3.57. The van der Waals surface area contributed by atoms with Crippen molar-refractivity contribution in [1.82, 2.24) is 5.16 Å². The number of nitrogens with one attached hydrogen (secondary N) is 1. The summed E-state index contributed by atoms with van der Waals surface area (Å²) in [5.41, 5.74) is 1.86. The molecule has 0 bridgehead atoms. The fraction of sp³-hybridized carbons (Fsp3) is 0.222.